The zero-order valence-electron chi connectivity index (χ0n) is 16.3. The number of amides is 1. The Bertz CT molecular complexity index is 1270. The Labute approximate surface area is 200 Å². The normalized spacial score (nSPS) is 10.6. The van der Waals surface area contributed by atoms with Crippen LogP contribution in [0.5, 0.6) is 11.5 Å². The van der Waals surface area contributed by atoms with Crippen molar-refractivity contribution in [1.29, 1.82) is 0 Å². The van der Waals surface area contributed by atoms with Crippen LogP contribution in [0.15, 0.2) is 60.7 Å². The van der Waals surface area contributed by atoms with Crippen molar-refractivity contribution >= 4 is 63.2 Å². The molecule has 3 N–H and O–H groups in total. The number of primary amides is 1. The van der Waals surface area contributed by atoms with Crippen LogP contribution in [0.25, 0.3) is 21.8 Å². The van der Waals surface area contributed by atoms with E-state index in [1.807, 2.05) is 47.0 Å². The van der Waals surface area contributed by atoms with E-state index in [9.17, 15) is 9.59 Å². The van der Waals surface area contributed by atoms with Crippen molar-refractivity contribution in [3.8, 4) is 11.5 Å². The second-order valence-electron chi connectivity index (χ2n) is 6.84. The van der Waals surface area contributed by atoms with E-state index in [4.69, 9.17) is 20.3 Å². The first-order valence-corrected chi connectivity index (χ1v) is 9.31. The van der Waals surface area contributed by atoms with Crippen LogP contribution in [0.3, 0.4) is 0 Å². The molecule has 154 valence electrons. The van der Waals surface area contributed by atoms with Gasteiger partial charge in [0.15, 0.2) is 6.61 Å². The predicted molar refractivity (Wildman–Crippen MR) is 120 cm³/mol. The number of hydrogen-bond acceptors (Lipinski definition) is 4. The molecule has 1 heterocycles. The number of methoxy groups -OCH3 is 1. The quantitative estimate of drug-likeness (QED) is 0.441. The molecular formula is C23H21N2NaO5. The summed E-state index contributed by atoms with van der Waals surface area (Å²) in [4.78, 5) is 23.3. The molecule has 0 saturated heterocycles. The average Bonchev–Trinajstić information content (AvgIpc) is 3.06. The van der Waals surface area contributed by atoms with Crippen molar-refractivity contribution in [2.45, 2.75) is 6.54 Å². The molecule has 31 heavy (non-hydrogen) atoms. The van der Waals surface area contributed by atoms with Gasteiger partial charge >= 0.3 is 35.5 Å². The topological polar surface area (TPSA) is 104 Å². The molecule has 0 radical (unpaired) electrons. The van der Waals surface area contributed by atoms with Gasteiger partial charge in [-0.15, -0.1) is 0 Å². The van der Waals surface area contributed by atoms with Gasteiger partial charge in [-0.1, -0.05) is 36.4 Å². The molecule has 4 aromatic rings. The fraction of sp³-hybridized carbons (Fsp3) is 0.130. The van der Waals surface area contributed by atoms with Gasteiger partial charge in [0.25, 0.3) is 0 Å². The molecule has 3 aromatic carbocycles. The van der Waals surface area contributed by atoms with Gasteiger partial charge in [0, 0.05) is 29.6 Å². The molecular weight excluding hydrogens is 407 g/mol. The number of fused-ring (bicyclic) bond motifs is 3. The summed E-state index contributed by atoms with van der Waals surface area (Å²) in [6.45, 7) is 0.0148. The molecule has 0 unspecified atom stereocenters. The Morgan fingerprint density at radius 3 is 2.39 bits per heavy atom. The molecule has 0 saturated carbocycles. The number of carboxylic acid groups (broad SMARTS) is 1. The first-order valence-electron chi connectivity index (χ1n) is 9.31. The third-order valence-electron chi connectivity index (χ3n) is 4.96. The van der Waals surface area contributed by atoms with Gasteiger partial charge in [-0.05, 0) is 17.7 Å². The van der Waals surface area contributed by atoms with Crippen LogP contribution in [0, 0.1) is 0 Å². The van der Waals surface area contributed by atoms with Crippen molar-refractivity contribution in [3.63, 3.8) is 0 Å². The van der Waals surface area contributed by atoms with E-state index in [-0.39, 0.29) is 29.6 Å². The summed E-state index contributed by atoms with van der Waals surface area (Å²) in [6, 6.07) is 18.7. The van der Waals surface area contributed by atoms with Gasteiger partial charge in [-0.25, -0.2) is 4.79 Å². The summed E-state index contributed by atoms with van der Waals surface area (Å²) in [6.07, 6.45) is 0. The van der Waals surface area contributed by atoms with Gasteiger partial charge in [0.05, 0.1) is 23.5 Å². The van der Waals surface area contributed by atoms with Crippen LogP contribution in [0.1, 0.15) is 15.9 Å². The number of carbonyl (C=O) groups is 2. The number of aromatic nitrogens is 1. The third-order valence-corrected chi connectivity index (χ3v) is 4.96. The van der Waals surface area contributed by atoms with Gasteiger partial charge in [-0.3, -0.25) is 4.79 Å². The number of nitrogens with two attached hydrogens (primary N) is 1. The van der Waals surface area contributed by atoms with E-state index in [1.165, 1.54) is 7.11 Å². The van der Waals surface area contributed by atoms with Gasteiger partial charge in [0.1, 0.15) is 11.5 Å². The van der Waals surface area contributed by atoms with Gasteiger partial charge in [0.2, 0.25) is 5.91 Å². The zero-order chi connectivity index (χ0) is 21.3. The summed E-state index contributed by atoms with van der Waals surface area (Å²) in [5.74, 6) is -0.841. The van der Waals surface area contributed by atoms with Crippen LogP contribution in [0.2, 0.25) is 0 Å². The molecule has 0 atom stereocenters. The van der Waals surface area contributed by atoms with E-state index in [0.717, 1.165) is 16.6 Å². The maximum absolute atomic E-state index is 12.2. The van der Waals surface area contributed by atoms with Crippen molar-refractivity contribution in [2.24, 2.45) is 5.73 Å². The van der Waals surface area contributed by atoms with Crippen LogP contribution >= 0.6 is 0 Å². The number of ether oxygens (including phenoxy) is 2. The molecule has 0 bridgehead atoms. The van der Waals surface area contributed by atoms with Gasteiger partial charge < -0.3 is 24.9 Å². The molecule has 0 spiro atoms. The number of rotatable bonds is 7. The molecule has 1 aromatic heterocycles. The van der Waals surface area contributed by atoms with Crippen LogP contribution in [-0.2, 0) is 11.3 Å². The monoisotopic (exact) mass is 428 g/mol. The Morgan fingerprint density at radius 1 is 1.00 bits per heavy atom. The molecule has 1 amide bonds. The predicted octanol–water partition coefficient (Wildman–Crippen LogP) is 2.77. The minimum atomic E-state index is -1.10. The zero-order valence-corrected chi connectivity index (χ0v) is 16.3. The number of nitrogens with zero attached hydrogens (tertiary/aromatic N) is 1. The van der Waals surface area contributed by atoms with Crippen molar-refractivity contribution < 1.29 is 24.2 Å². The Morgan fingerprint density at radius 2 is 1.74 bits per heavy atom. The first-order chi connectivity index (χ1) is 14.5. The number of aliphatic carboxylic acids is 1. The summed E-state index contributed by atoms with van der Waals surface area (Å²) >= 11 is 0. The fourth-order valence-electron chi connectivity index (χ4n) is 3.71. The molecule has 4 rings (SSSR count). The van der Waals surface area contributed by atoms with E-state index in [0.29, 0.717) is 34.4 Å². The SMILES string of the molecule is COc1cc(OCC(=O)O)c2c3c(C(N)=O)cccc3n(Cc3ccccc3)c2c1.[NaH]. The van der Waals surface area contributed by atoms with Crippen molar-refractivity contribution in [3.05, 3.63) is 71.8 Å². The molecule has 8 heteroatoms. The Kier molecular flexibility index (Phi) is 6.90. The minimum absolute atomic E-state index is 0. The summed E-state index contributed by atoms with van der Waals surface area (Å²) in [5.41, 5.74) is 8.60. The van der Waals surface area contributed by atoms with Crippen molar-refractivity contribution in [1.82, 2.24) is 4.57 Å². The third kappa shape index (κ3) is 4.39. The molecule has 7 nitrogen and oxygen atoms in total. The Balaban J connectivity index is 0.00000272. The maximum atomic E-state index is 12.2. The fourth-order valence-corrected chi connectivity index (χ4v) is 3.71. The summed E-state index contributed by atoms with van der Waals surface area (Å²) in [7, 11) is 1.53. The van der Waals surface area contributed by atoms with E-state index in [2.05, 4.69) is 0 Å². The summed E-state index contributed by atoms with van der Waals surface area (Å²) in [5, 5.41) is 10.3. The molecule has 0 aliphatic rings. The second kappa shape index (κ2) is 9.43. The van der Waals surface area contributed by atoms with E-state index < -0.39 is 18.5 Å². The number of carbonyl (C=O) groups excluding carboxylic acids is 1. The van der Waals surface area contributed by atoms with Crippen LogP contribution in [-0.4, -0.2) is 64.8 Å². The number of benzene rings is 3. The van der Waals surface area contributed by atoms with E-state index in [1.54, 1.807) is 18.2 Å². The summed E-state index contributed by atoms with van der Waals surface area (Å²) < 4.78 is 13.0. The number of carboxylic acids is 1. The molecule has 0 aliphatic carbocycles. The van der Waals surface area contributed by atoms with Crippen LogP contribution in [0.4, 0.5) is 0 Å². The standard InChI is InChI=1S/C23H20N2O5.Na.H/c1-29-15-10-18-22(19(11-15)30-13-20(26)27)21-16(23(24)28)8-5-9-17(21)25(18)12-14-6-3-2-4-7-14;;/h2-11H,12-13H2,1H3,(H2,24,28)(H,26,27);;. The number of hydrogen-bond donors (Lipinski definition) is 2. The average molecular weight is 428 g/mol. The van der Waals surface area contributed by atoms with Crippen LogP contribution < -0.4 is 15.2 Å². The first kappa shape index (κ1) is 22.7. The van der Waals surface area contributed by atoms with Crippen molar-refractivity contribution in [2.75, 3.05) is 13.7 Å². The molecule has 0 fully saturated rings. The van der Waals surface area contributed by atoms with Gasteiger partial charge in [-0.2, -0.15) is 0 Å². The molecule has 0 aliphatic heterocycles. The Hall–Kier alpha value is -3.00. The van der Waals surface area contributed by atoms with E-state index >= 15 is 0 Å². The second-order valence-corrected chi connectivity index (χ2v) is 6.84.